The van der Waals surface area contributed by atoms with Gasteiger partial charge in [0.25, 0.3) is 0 Å². The van der Waals surface area contributed by atoms with E-state index in [0.29, 0.717) is 24.6 Å². The molecule has 6 nitrogen and oxygen atoms in total. The van der Waals surface area contributed by atoms with Crippen LogP contribution in [0.2, 0.25) is 0 Å². The maximum atomic E-state index is 13.7. The highest BCUT2D eigenvalue weighted by molar-refractivity contribution is 7.18. The van der Waals surface area contributed by atoms with Crippen LogP contribution >= 0.6 is 11.3 Å². The molecule has 4 rings (SSSR count). The minimum Gasteiger partial charge on any atom is -0.465 e. The van der Waals surface area contributed by atoms with Gasteiger partial charge < -0.3 is 15.7 Å². The van der Waals surface area contributed by atoms with Crippen LogP contribution in [0.4, 0.5) is 20.6 Å². The molecule has 1 aromatic heterocycles. The molecule has 0 aliphatic carbocycles. The highest BCUT2D eigenvalue weighted by atomic mass is 32.1. The Hall–Kier alpha value is -2.71. The van der Waals surface area contributed by atoms with E-state index in [-0.39, 0.29) is 5.69 Å². The highest BCUT2D eigenvalue weighted by Gasteiger charge is 2.23. The van der Waals surface area contributed by atoms with E-state index in [1.54, 1.807) is 11.3 Å². The van der Waals surface area contributed by atoms with E-state index in [4.69, 9.17) is 10.7 Å². The third-order valence-corrected chi connectivity index (χ3v) is 6.83. The molecule has 3 aromatic rings. The van der Waals surface area contributed by atoms with Crippen LogP contribution < -0.4 is 10.6 Å². The molecule has 1 fully saturated rings. The Balaban J connectivity index is 1.28. The number of thiazole rings is 1. The van der Waals surface area contributed by atoms with E-state index in [0.717, 1.165) is 38.0 Å². The summed E-state index contributed by atoms with van der Waals surface area (Å²) in [6.07, 6.45) is 1.72. The molecule has 30 heavy (non-hydrogen) atoms. The zero-order chi connectivity index (χ0) is 21.1. The maximum Gasteiger partial charge on any atom is 0.411 e. The Morgan fingerprint density at radius 3 is 2.73 bits per heavy atom. The van der Waals surface area contributed by atoms with Crippen LogP contribution in [0, 0.1) is 5.82 Å². The Labute approximate surface area is 178 Å². The Bertz CT molecular complexity index is 1000. The minimum atomic E-state index is -1.09. The van der Waals surface area contributed by atoms with Crippen LogP contribution in [-0.2, 0) is 0 Å². The normalized spacial score (nSPS) is 15.5. The number of fused-ring (bicyclic) bond motifs is 1. The minimum absolute atomic E-state index is 0.0140. The molecule has 1 saturated heterocycles. The summed E-state index contributed by atoms with van der Waals surface area (Å²) in [6.45, 7) is 3.08. The Morgan fingerprint density at radius 2 is 2.03 bits per heavy atom. The summed E-state index contributed by atoms with van der Waals surface area (Å²) in [6, 6.07) is 12.4. The van der Waals surface area contributed by atoms with Crippen molar-refractivity contribution in [1.29, 1.82) is 0 Å². The summed E-state index contributed by atoms with van der Waals surface area (Å²) in [5.41, 5.74) is 6.89. The molecule has 2 heterocycles. The molecular formula is C22H25FN4O2S. The number of carboxylic acid groups (broad SMARTS) is 1. The van der Waals surface area contributed by atoms with Crippen LogP contribution in [-0.4, -0.2) is 47.3 Å². The number of anilines is 2. The van der Waals surface area contributed by atoms with Gasteiger partial charge in [0.1, 0.15) is 5.82 Å². The number of aromatic nitrogens is 1. The lowest BCUT2D eigenvalue weighted by Gasteiger charge is -2.31. The van der Waals surface area contributed by atoms with E-state index >= 15 is 0 Å². The fourth-order valence-electron chi connectivity index (χ4n) is 3.94. The van der Waals surface area contributed by atoms with Gasteiger partial charge in [0, 0.05) is 12.5 Å². The van der Waals surface area contributed by atoms with Gasteiger partial charge in [-0.05, 0) is 69.2 Å². The SMILES string of the molecule is Nc1ccc(N(CCCN2CCC(c3nc4ccccc4s3)CC2)C(=O)O)cc1F. The van der Waals surface area contributed by atoms with Gasteiger partial charge in [-0.25, -0.2) is 14.2 Å². The first-order valence-electron chi connectivity index (χ1n) is 10.1. The average Bonchev–Trinajstić information content (AvgIpc) is 3.18. The number of hydrogen-bond donors (Lipinski definition) is 2. The summed E-state index contributed by atoms with van der Waals surface area (Å²) < 4.78 is 14.9. The largest absolute Gasteiger partial charge is 0.465 e. The van der Waals surface area contributed by atoms with Crippen LogP contribution in [0.25, 0.3) is 10.2 Å². The van der Waals surface area contributed by atoms with Crippen molar-refractivity contribution >= 4 is 39.0 Å². The van der Waals surface area contributed by atoms with Crippen molar-refractivity contribution in [3.05, 3.63) is 53.3 Å². The number of nitrogens with zero attached hydrogens (tertiary/aromatic N) is 3. The molecule has 0 bridgehead atoms. The molecule has 1 aliphatic heterocycles. The first kappa shape index (κ1) is 20.6. The molecular weight excluding hydrogens is 403 g/mol. The monoisotopic (exact) mass is 428 g/mol. The van der Waals surface area contributed by atoms with Gasteiger partial charge in [-0.15, -0.1) is 11.3 Å². The van der Waals surface area contributed by atoms with E-state index in [2.05, 4.69) is 17.0 Å². The van der Waals surface area contributed by atoms with Crippen molar-refractivity contribution in [1.82, 2.24) is 9.88 Å². The summed E-state index contributed by atoms with van der Waals surface area (Å²) in [5, 5.41) is 10.7. The number of nitrogen functional groups attached to an aromatic ring is 1. The highest BCUT2D eigenvalue weighted by Crippen LogP contribution is 2.33. The standard InChI is InChI=1S/C22H25FN4O2S/c23-17-14-16(6-7-18(17)24)27(22(28)29)11-3-10-26-12-8-15(9-13-26)21-25-19-4-1-2-5-20(19)30-21/h1-2,4-7,14-15H,3,8-13,24H2,(H,28,29). The average molecular weight is 429 g/mol. The van der Waals surface area contributed by atoms with Gasteiger partial charge in [-0.2, -0.15) is 0 Å². The van der Waals surface area contributed by atoms with E-state index in [1.165, 1.54) is 32.8 Å². The van der Waals surface area contributed by atoms with Crippen molar-refractivity contribution in [2.75, 3.05) is 36.8 Å². The van der Waals surface area contributed by atoms with E-state index < -0.39 is 11.9 Å². The summed E-state index contributed by atoms with van der Waals surface area (Å²) >= 11 is 1.79. The number of para-hydroxylation sites is 1. The first-order chi connectivity index (χ1) is 14.5. The third kappa shape index (κ3) is 4.55. The van der Waals surface area contributed by atoms with Gasteiger partial charge >= 0.3 is 6.09 Å². The summed E-state index contributed by atoms with van der Waals surface area (Å²) in [5.74, 6) is -0.109. The van der Waals surface area contributed by atoms with E-state index in [9.17, 15) is 14.3 Å². The molecule has 0 saturated carbocycles. The van der Waals surface area contributed by atoms with Crippen LogP contribution in [0.3, 0.4) is 0 Å². The molecule has 3 N–H and O–H groups in total. The number of carbonyl (C=O) groups is 1. The quantitative estimate of drug-likeness (QED) is 0.553. The van der Waals surface area contributed by atoms with Crippen molar-refractivity contribution in [3.63, 3.8) is 0 Å². The lowest BCUT2D eigenvalue weighted by atomic mass is 9.97. The number of amides is 1. The number of likely N-dealkylation sites (tertiary alicyclic amines) is 1. The number of nitrogens with two attached hydrogens (primary N) is 1. The predicted molar refractivity (Wildman–Crippen MR) is 119 cm³/mol. The van der Waals surface area contributed by atoms with Crippen LogP contribution in [0.1, 0.15) is 30.2 Å². The second-order valence-electron chi connectivity index (χ2n) is 7.63. The zero-order valence-corrected chi connectivity index (χ0v) is 17.4. The molecule has 0 radical (unpaired) electrons. The number of piperidine rings is 1. The van der Waals surface area contributed by atoms with Gasteiger partial charge in [0.2, 0.25) is 0 Å². The smallest absolute Gasteiger partial charge is 0.411 e. The van der Waals surface area contributed by atoms with Crippen molar-refractivity contribution in [2.45, 2.75) is 25.2 Å². The second kappa shape index (κ2) is 8.97. The van der Waals surface area contributed by atoms with Gasteiger partial charge in [0.05, 0.1) is 26.6 Å². The fourth-order valence-corrected chi connectivity index (χ4v) is 5.08. The summed E-state index contributed by atoms with van der Waals surface area (Å²) in [7, 11) is 0. The van der Waals surface area contributed by atoms with Crippen LogP contribution in [0.5, 0.6) is 0 Å². The maximum absolute atomic E-state index is 13.7. The van der Waals surface area contributed by atoms with Gasteiger partial charge in [-0.3, -0.25) is 4.90 Å². The van der Waals surface area contributed by atoms with Crippen molar-refractivity contribution in [2.24, 2.45) is 0 Å². The van der Waals surface area contributed by atoms with Crippen LogP contribution in [0.15, 0.2) is 42.5 Å². The van der Waals surface area contributed by atoms with E-state index in [1.807, 2.05) is 12.1 Å². The Morgan fingerprint density at radius 1 is 1.27 bits per heavy atom. The third-order valence-electron chi connectivity index (χ3n) is 5.63. The number of rotatable bonds is 6. The second-order valence-corrected chi connectivity index (χ2v) is 8.69. The predicted octanol–water partition coefficient (Wildman–Crippen LogP) is 4.77. The fraction of sp³-hybridized carbons (Fsp3) is 0.364. The molecule has 0 atom stereocenters. The molecule has 158 valence electrons. The number of halogens is 1. The molecule has 1 aliphatic rings. The van der Waals surface area contributed by atoms with Gasteiger partial charge in [-0.1, -0.05) is 12.1 Å². The molecule has 2 aromatic carbocycles. The zero-order valence-electron chi connectivity index (χ0n) is 16.6. The van der Waals surface area contributed by atoms with Gasteiger partial charge in [0.15, 0.2) is 0 Å². The summed E-state index contributed by atoms with van der Waals surface area (Å²) in [4.78, 5) is 20.0. The molecule has 0 spiro atoms. The first-order valence-corrected chi connectivity index (χ1v) is 11.0. The molecule has 0 unspecified atom stereocenters. The van der Waals surface area contributed by atoms with Crippen molar-refractivity contribution < 1.29 is 14.3 Å². The Kier molecular flexibility index (Phi) is 6.15. The number of hydrogen-bond acceptors (Lipinski definition) is 5. The topological polar surface area (TPSA) is 82.7 Å². The molecule has 1 amide bonds. The molecule has 8 heteroatoms. The number of benzene rings is 2. The lowest BCUT2D eigenvalue weighted by Crippen LogP contribution is -2.36. The van der Waals surface area contributed by atoms with Crippen molar-refractivity contribution in [3.8, 4) is 0 Å². The lowest BCUT2D eigenvalue weighted by molar-refractivity contribution is 0.197.